The van der Waals surface area contributed by atoms with Gasteiger partial charge in [-0.3, -0.25) is 4.98 Å². The predicted octanol–water partition coefficient (Wildman–Crippen LogP) is 2.55. The fourth-order valence-electron chi connectivity index (χ4n) is 2.10. The molecule has 2 aromatic heterocycles. The number of thiophene rings is 1. The maximum Gasteiger partial charge on any atom is 0.315 e. The van der Waals surface area contributed by atoms with Gasteiger partial charge in [0.1, 0.15) is 0 Å². The van der Waals surface area contributed by atoms with Crippen LogP contribution in [-0.2, 0) is 6.54 Å². The van der Waals surface area contributed by atoms with Crippen molar-refractivity contribution >= 4 is 17.4 Å². The maximum atomic E-state index is 11.9. The van der Waals surface area contributed by atoms with Crippen LogP contribution in [0.5, 0.6) is 0 Å². The Balaban J connectivity index is 1.80. The van der Waals surface area contributed by atoms with Crippen LogP contribution in [0.1, 0.15) is 22.9 Å². The number of nitrogens with one attached hydrogen (secondary N) is 2. The van der Waals surface area contributed by atoms with Crippen LogP contribution >= 0.6 is 11.3 Å². The second kappa shape index (κ2) is 7.91. The summed E-state index contributed by atoms with van der Waals surface area (Å²) in [5.74, 6) is 0. The molecule has 0 aliphatic heterocycles. The number of aromatic nitrogens is 1. The molecule has 0 aliphatic rings. The number of pyridine rings is 1. The molecule has 118 valence electrons. The Kier molecular flexibility index (Phi) is 5.91. The monoisotopic (exact) mass is 318 g/mol. The van der Waals surface area contributed by atoms with Crippen molar-refractivity contribution in [1.29, 1.82) is 0 Å². The van der Waals surface area contributed by atoms with Crippen molar-refractivity contribution in [2.75, 3.05) is 20.6 Å². The molecule has 0 aliphatic carbocycles. The van der Waals surface area contributed by atoms with E-state index in [1.54, 1.807) is 17.5 Å². The van der Waals surface area contributed by atoms with Gasteiger partial charge >= 0.3 is 6.03 Å². The molecular weight excluding hydrogens is 296 g/mol. The molecule has 2 amide bonds. The number of nitrogens with zero attached hydrogens (tertiary/aromatic N) is 2. The molecule has 0 aromatic carbocycles. The van der Waals surface area contributed by atoms with Crippen LogP contribution in [-0.4, -0.2) is 36.6 Å². The Bertz CT molecular complexity index is 581. The zero-order valence-corrected chi connectivity index (χ0v) is 14.0. The van der Waals surface area contributed by atoms with Gasteiger partial charge in [0, 0.05) is 25.0 Å². The second-order valence-electron chi connectivity index (χ2n) is 5.41. The average Bonchev–Trinajstić information content (AvgIpc) is 3.00. The summed E-state index contributed by atoms with van der Waals surface area (Å²) in [6, 6.07) is 6.01. The van der Waals surface area contributed by atoms with Gasteiger partial charge in [0.2, 0.25) is 0 Å². The SMILES string of the molecule is Cc1ccc(CNC(=O)NCC(c2ccsc2)N(C)C)cn1. The third kappa shape index (κ3) is 4.82. The number of aryl methyl sites for hydroxylation is 1. The Morgan fingerprint density at radius 2 is 2.14 bits per heavy atom. The van der Waals surface area contributed by atoms with E-state index in [0.29, 0.717) is 13.1 Å². The highest BCUT2D eigenvalue weighted by atomic mass is 32.1. The van der Waals surface area contributed by atoms with E-state index in [4.69, 9.17) is 0 Å². The first-order valence-corrected chi connectivity index (χ1v) is 8.12. The van der Waals surface area contributed by atoms with Gasteiger partial charge < -0.3 is 15.5 Å². The molecule has 0 saturated heterocycles. The Labute approximate surface area is 135 Å². The smallest absolute Gasteiger partial charge is 0.315 e. The number of likely N-dealkylation sites (N-methyl/N-ethyl adjacent to an activating group) is 1. The van der Waals surface area contributed by atoms with E-state index in [1.165, 1.54) is 5.56 Å². The van der Waals surface area contributed by atoms with E-state index in [1.807, 2.05) is 33.2 Å². The number of carbonyl (C=O) groups is 1. The van der Waals surface area contributed by atoms with Crippen LogP contribution in [0.25, 0.3) is 0 Å². The van der Waals surface area contributed by atoms with Crippen molar-refractivity contribution in [2.45, 2.75) is 19.5 Å². The molecule has 5 nitrogen and oxygen atoms in total. The van der Waals surface area contributed by atoms with Crippen molar-refractivity contribution in [3.05, 3.63) is 52.0 Å². The molecule has 1 unspecified atom stereocenters. The van der Waals surface area contributed by atoms with Gasteiger partial charge in [0.25, 0.3) is 0 Å². The van der Waals surface area contributed by atoms with Crippen LogP contribution in [0.3, 0.4) is 0 Å². The molecule has 2 rings (SSSR count). The van der Waals surface area contributed by atoms with Crippen molar-refractivity contribution in [3.8, 4) is 0 Å². The highest BCUT2D eigenvalue weighted by Gasteiger charge is 2.15. The molecule has 2 N–H and O–H groups in total. The Morgan fingerprint density at radius 3 is 2.73 bits per heavy atom. The summed E-state index contributed by atoms with van der Waals surface area (Å²) in [5, 5.41) is 9.94. The summed E-state index contributed by atoms with van der Waals surface area (Å²) in [6.45, 7) is 2.99. The summed E-state index contributed by atoms with van der Waals surface area (Å²) in [7, 11) is 4.03. The van der Waals surface area contributed by atoms with E-state index in [-0.39, 0.29) is 12.1 Å². The van der Waals surface area contributed by atoms with Crippen molar-refractivity contribution in [2.24, 2.45) is 0 Å². The first kappa shape index (κ1) is 16.5. The van der Waals surface area contributed by atoms with Crippen LogP contribution in [0, 0.1) is 6.92 Å². The minimum Gasteiger partial charge on any atom is -0.336 e. The third-order valence-electron chi connectivity index (χ3n) is 3.43. The van der Waals surface area contributed by atoms with Gasteiger partial charge in [-0.25, -0.2) is 4.79 Å². The molecule has 2 aromatic rings. The normalized spacial score (nSPS) is 12.2. The summed E-state index contributed by atoms with van der Waals surface area (Å²) in [4.78, 5) is 18.2. The van der Waals surface area contributed by atoms with Crippen LogP contribution in [0.4, 0.5) is 4.79 Å². The zero-order valence-electron chi connectivity index (χ0n) is 13.2. The minimum atomic E-state index is -0.164. The summed E-state index contributed by atoms with van der Waals surface area (Å²) < 4.78 is 0. The number of urea groups is 1. The highest BCUT2D eigenvalue weighted by molar-refractivity contribution is 7.07. The lowest BCUT2D eigenvalue weighted by molar-refractivity contribution is 0.232. The Hall–Kier alpha value is -1.92. The molecule has 6 heteroatoms. The molecule has 0 radical (unpaired) electrons. The van der Waals surface area contributed by atoms with Gasteiger partial charge in [-0.05, 0) is 55.0 Å². The fourth-order valence-corrected chi connectivity index (χ4v) is 2.81. The maximum absolute atomic E-state index is 11.9. The van der Waals surface area contributed by atoms with E-state index >= 15 is 0 Å². The lowest BCUT2D eigenvalue weighted by Gasteiger charge is -2.24. The number of hydrogen-bond donors (Lipinski definition) is 2. The first-order valence-electron chi connectivity index (χ1n) is 7.18. The van der Waals surface area contributed by atoms with E-state index in [0.717, 1.165) is 11.3 Å². The van der Waals surface area contributed by atoms with Crippen molar-refractivity contribution in [1.82, 2.24) is 20.5 Å². The van der Waals surface area contributed by atoms with Crippen LogP contribution < -0.4 is 10.6 Å². The minimum absolute atomic E-state index is 0.164. The van der Waals surface area contributed by atoms with Gasteiger partial charge in [-0.15, -0.1) is 0 Å². The van der Waals surface area contributed by atoms with Crippen LogP contribution in [0.2, 0.25) is 0 Å². The van der Waals surface area contributed by atoms with Gasteiger partial charge in [-0.2, -0.15) is 11.3 Å². The lowest BCUT2D eigenvalue weighted by atomic mass is 10.1. The number of amides is 2. The molecular formula is C16H22N4OS. The van der Waals surface area contributed by atoms with Crippen LogP contribution in [0.15, 0.2) is 35.2 Å². The highest BCUT2D eigenvalue weighted by Crippen LogP contribution is 2.19. The molecule has 2 heterocycles. The van der Waals surface area contributed by atoms with E-state index in [2.05, 4.69) is 37.3 Å². The van der Waals surface area contributed by atoms with Gasteiger partial charge in [0.15, 0.2) is 0 Å². The van der Waals surface area contributed by atoms with Gasteiger partial charge in [0.05, 0.1) is 6.04 Å². The molecule has 0 fully saturated rings. The van der Waals surface area contributed by atoms with E-state index in [9.17, 15) is 4.79 Å². The summed E-state index contributed by atoms with van der Waals surface area (Å²) in [5.41, 5.74) is 3.18. The molecule has 0 bridgehead atoms. The number of rotatable bonds is 6. The number of carbonyl (C=O) groups excluding carboxylic acids is 1. The average molecular weight is 318 g/mol. The molecule has 1 atom stereocenters. The molecule has 22 heavy (non-hydrogen) atoms. The summed E-state index contributed by atoms with van der Waals surface area (Å²) in [6.07, 6.45) is 1.78. The topological polar surface area (TPSA) is 57.3 Å². The van der Waals surface area contributed by atoms with Crippen molar-refractivity contribution in [3.63, 3.8) is 0 Å². The third-order valence-corrected chi connectivity index (χ3v) is 4.13. The summed E-state index contributed by atoms with van der Waals surface area (Å²) >= 11 is 1.67. The lowest BCUT2D eigenvalue weighted by Crippen LogP contribution is -2.40. The zero-order chi connectivity index (χ0) is 15.9. The second-order valence-corrected chi connectivity index (χ2v) is 6.19. The standard InChI is InChI=1S/C16H22N4OS/c1-12-4-5-13(8-17-12)9-18-16(21)19-10-15(20(2)3)14-6-7-22-11-14/h4-8,11,15H,9-10H2,1-3H3,(H2,18,19,21). The van der Waals surface area contributed by atoms with Gasteiger partial charge in [-0.1, -0.05) is 6.07 Å². The first-order chi connectivity index (χ1) is 10.6. The molecule has 0 spiro atoms. The molecule has 0 saturated carbocycles. The quantitative estimate of drug-likeness (QED) is 0.860. The number of hydrogen-bond acceptors (Lipinski definition) is 4. The fraction of sp³-hybridized carbons (Fsp3) is 0.375. The predicted molar refractivity (Wildman–Crippen MR) is 90.0 cm³/mol. The van der Waals surface area contributed by atoms with E-state index < -0.39 is 0 Å². The van der Waals surface area contributed by atoms with Crippen molar-refractivity contribution < 1.29 is 4.79 Å². The Morgan fingerprint density at radius 1 is 1.32 bits per heavy atom. The largest absolute Gasteiger partial charge is 0.336 e.